The molecule has 13 heteroatoms. The van der Waals surface area contributed by atoms with Gasteiger partial charge in [-0.25, -0.2) is 19.7 Å². The molecule has 10 nitrogen and oxygen atoms in total. The molecule has 1 fully saturated rings. The number of alkyl halides is 3. The Morgan fingerprint density at radius 2 is 1.80 bits per heavy atom. The van der Waals surface area contributed by atoms with Crippen LogP contribution in [0.5, 0.6) is 11.6 Å². The van der Waals surface area contributed by atoms with Gasteiger partial charge in [-0.15, -0.1) is 0 Å². The molecule has 0 saturated carbocycles. The first-order valence-electron chi connectivity index (χ1n) is 13.9. The Labute approximate surface area is 251 Å². The van der Waals surface area contributed by atoms with Crippen LogP contribution in [0.2, 0.25) is 0 Å². The zero-order valence-corrected chi connectivity index (χ0v) is 24.5. The molecule has 2 atom stereocenters. The lowest BCUT2D eigenvalue weighted by Gasteiger charge is -2.31. The molecule has 1 saturated heterocycles. The molecule has 2 aromatic heterocycles. The maximum Gasteiger partial charge on any atom is 0.416 e. The van der Waals surface area contributed by atoms with E-state index in [1.54, 1.807) is 52.0 Å². The van der Waals surface area contributed by atoms with Crippen LogP contribution >= 0.6 is 0 Å². The van der Waals surface area contributed by atoms with E-state index >= 15 is 0 Å². The number of likely N-dealkylation sites (tertiary alicyclic amines) is 1. The molecule has 1 aliphatic rings. The summed E-state index contributed by atoms with van der Waals surface area (Å²) in [6.07, 6.45) is -3.31. The fourth-order valence-corrected chi connectivity index (χ4v) is 5.00. The van der Waals surface area contributed by atoms with E-state index in [0.29, 0.717) is 29.9 Å². The van der Waals surface area contributed by atoms with Gasteiger partial charge in [-0.3, -0.25) is 9.69 Å². The predicted octanol–water partition coefficient (Wildman–Crippen LogP) is 6.81. The second-order valence-corrected chi connectivity index (χ2v) is 11.5. The zero-order chi connectivity index (χ0) is 31.8. The van der Waals surface area contributed by atoms with Crippen LogP contribution in [0.25, 0.3) is 22.2 Å². The Balaban J connectivity index is 1.48. The SMILES string of the molecule is CC1CC[C@@H](C(=O)Nc2cc(C(F)(F)F)ccc2-c2cc(Oc3cccc4ccc(N)nc34)ncn2)N1C(=O)OC(C)(C)C. The number of rotatable bonds is 5. The number of carbonyl (C=O) groups is 2. The van der Waals surface area contributed by atoms with Gasteiger partial charge in [0.05, 0.1) is 16.9 Å². The van der Waals surface area contributed by atoms with Crippen molar-refractivity contribution in [2.24, 2.45) is 0 Å². The number of aromatic nitrogens is 3. The number of fused-ring (bicyclic) bond motifs is 1. The molecular weight excluding hydrogens is 577 g/mol. The number of hydrogen-bond donors (Lipinski definition) is 2. The second-order valence-electron chi connectivity index (χ2n) is 11.5. The zero-order valence-electron chi connectivity index (χ0n) is 24.5. The van der Waals surface area contributed by atoms with Crippen molar-refractivity contribution in [1.82, 2.24) is 19.9 Å². The number of nitrogen functional groups attached to an aromatic ring is 1. The van der Waals surface area contributed by atoms with Gasteiger partial charge in [0.25, 0.3) is 0 Å². The Hall–Kier alpha value is -4.94. The Kier molecular flexibility index (Phi) is 8.06. The van der Waals surface area contributed by atoms with Gasteiger partial charge in [-0.2, -0.15) is 13.2 Å². The summed E-state index contributed by atoms with van der Waals surface area (Å²) in [7, 11) is 0. The summed E-state index contributed by atoms with van der Waals surface area (Å²) < 4.78 is 52.7. The lowest BCUT2D eigenvalue weighted by Crippen LogP contribution is -2.48. The number of nitrogens with two attached hydrogens (primary N) is 1. The first-order chi connectivity index (χ1) is 20.7. The average molecular weight is 609 g/mol. The van der Waals surface area contributed by atoms with Gasteiger partial charge < -0.3 is 20.5 Å². The molecule has 5 rings (SSSR count). The van der Waals surface area contributed by atoms with Gasteiger partial charge in [0.1, 0.15) is 29.3 Å². The second kappa shape index (κ2) is 11.6. The van der Waals surface area contributed by atoms with Crippen LogP contribution in [0.1, 0.15) is 46.1 Å². The van der Waals surface area contributed by atoms with Crippen LogP contribution in [0.4, 0.5) is 29.5 Å². The number of ether oxygens (including phenoxy) is 2. The van der Waals surface area contributed by atoms with Gasteiger partial charge in [-0.1, -0.05) is 18.2 Å². The molecule has 0 radical (unpaired) electrons. The first-order valence-corrected chi connectivity index (χ1v) is 13.9. The molecule has 2 amide bonds. The molecule has 3 N–H and O–H groups in total. The van der Waals surface area contributed by atoms with Crippen molar-refractivity contribution < 1.29 is 32.2 Å². The third-order valence-corrected chi connectivity index (χ3v) is 7.02. The van der Waals surface area contributed by atoms with Gasteiger partial charge in [0.2, 0.25) is 11.8 Å². The lowest BCUT2D eigenvalue weighted by atomic mass is 10.0. The minimum absolute atomic E-state index is 0.0876. The number of nitrogens with one attached hydrogen (secondary N) is 1. The molecule has 1 unspecified atom stereocenters. The molecule has 3 heterocycles. The maximum absolute atomic E-state index is 13.7. The van der Waals surface area contributed by atoms with E-state index in [4.69, 9.17) is 15.2 Å². The smallest absolute Gasteiger partial charge is 0.416 e. The van der Waals surface area contributed by atoms with Crippen LogP contribution in [0.3, 0.4) is 0 Å². The van der Waals surface area contributed by atoms with E-state index < -0.39 is 35.4 Å². The van der Waals surface area contributed by atoms with E-state index in [0.717, 1.165) is 17.5 Å². The summed E-state index contributed by atoms with van der Waals surface area (Å²) in [4.78, 5) is 40.5. The van der Waals surface area contributed by atoms with Crippen molar-refractivity contribution in [1.29, 1.82) is 0 Å². The summed E-state index contributed by atoms with van der Waals surface area (Å²) in [6, 6.07) is 11.9. The molecule has 4 aromatic rings. The summed E-state index contributed by atoms with van der Waals surface area (Å²) in [5.74, 6) is 0.0947. The number of halogens is 3. The molecule has 230 valence electrons. The number of hydrogen-bond acceptors (Lipinski definition) is 8. The number of pyridine rings is 1. The molecule has 44 heavy (non-hydrogen) atoms. The number of benzene rings is 2. The highest BCUT2D eigenvalue weighted by Crippen LogP contribution is 2.37. The minimum Gasteiger partial charge on any atom is -0.444 e. The highest BCUT2D eigenvalue weighted by Gasteiger charge is 2.41. The number of carbonyl (C=O) groups excluding carboxylic acids is 2. The first kappa shape index (κ1) is 30.5. The van der Waals surface area contributed by atoms with Crippen molar-refractivity contribution >= 4 is 34.4 Å². The highest BCUT2D eigenvalue weighted by molar-refractivity contribution is 6.00. The number of anilines is 2. The summed E-state index contributed by atoms with van der Waals surface area (Å²) in [5, 5.41) is 3.40. The molecule has 1 aliphatic heterocycles. The number of para-hydroxylation sites is 1. The number of nitrogens with zero attached hydrogens (tertiary/aromatic N) is 4. The Morgan fingerprint density at radius 1 is 1.02 bits per heavy atom. The van der Waals surface area contributed by atoms with E-state index in [-0.39, 0.29) is 28.9 Å². The minimum atomic E-state index is -4.68. The normalized spacial score (nSPS) is 17.0. The summed E-state index contributed by atoms with van der Waals surface area (Å²) >= 11 is 0. The third kappa shape index (κ3) is 6.66. The van der Waals surface area contributed by atoms with Crippen molar-refractivity contribution in [3.63, 3.8) is 0 Å². The van der Waals surface area contributed by atoms with E-state index in [9.17, 15) is 22.8 Å². The van der Waals surface area contributed by atoms with E-state index in [1.807, 2.05) is 6.07 Å². The largest absolute Gasteiger partial charge is 0.444 e. The average Bonchev–Trinajstić information content (AvgIpc) is 3.34. The van der Waals surface area contributed by atoms with Gasteiger partial charge >= 0.3 is 12.3 Å². The van der Waals surface area contributed by atoms with Crippen LogP contribution in [0.15, 0.2) is 60.9 Å². The molecule has 0 bridgehead atoms. The van der Waals surface area contributed by atoms with Crippen molar-refractivity contribution in [2.75, 3.05) is 11.1 Å². The topological polar surface area (TPSA) is 133 Å². The maximum atomic E-state index is 13.7. The van der Waals surface area contributed by atoms with Crippen molar-refractivity contribution in [2.45, 2.75) is 64.4 Å². The third-order valence-electron chi connectivity index (χ3n) is 7.02. The van der Waals surface area contributed by atoms with Gasteiger partial charge in [-0.05, 0) is 70.9 Å². The fraction of sp³-hybridized carbons (Fsp3) is 0.323. The lowest BCUT2D eigenvalue weighted by molar-refractivity contribution is -0.137. The molecule has 2 aromatic carbocycles. The fourth-order valence-electron chi connectivity index (χ4n) is 5.00. The predicted molar refractivity (Wildman–Crippen MR) is 158 cm³/mol. The van der Waals surface area contributed by atoms with E-state index in [2.05, 4.69) is 20.3 Å². The van der Waals surface area contributed by atoms with Gasteiger partial charge in [0, 0.05) is 23.1 Å². The van der Waals surface area contributed by atoms with Crippen molar-refractivity contribution in [3.05, 3.63) is 66.5 Å². The van der Waals surface area contributed by atoms with Crippen LogP contribution < -0.4 is 15.8 Å². The monoisotopic (exact) mass is 608 g/mol. The van der Waals surface area contributed by atoms with Gasteiger partial charge in [0.15, 0.2) is 5.75 Å². The molecule has 0 aliphatic carbocycles. The Bertz CT molecular complexity index is 1720. The summed E-state index contributed by atoms with van der Waals surface area (Å²) in [6.45, 7) is 6.92. The molecule has 0 spiro atoms. The quantitative estimate of drug-likeness (QED) is 0.253. The summed E-state index contributed by atoms with van der Waals surface area (Å²) in [5.41, 5.74) is 4.83. The van der Waals surface area contributed by atoms with Crippen LogP contribution in [-0.2, 0) is 15.7 Å². The van der Waals surface area contributed by atoms with Crippen LogP contribution in [-0.4, -0.2) is 49.5 Å². The molecular formula is C31H31F3N6O4. The number of amides is 2. The Morgan fingerprint density at radius 3 is 2.52 bits per heavy atom. The van der Waals surface area contributed by atoms with Crippen molar-refractivity contribution in [3.8, 4) is 22.9 Å². The highest BCUT2D eigenvalue weighted by atomic mass is 19.4. The van der Waals surface area contributed by atoms with Crippen LogP contribution in [0, 0.1) is 0 Å². The van der Waals surface area contributed by atoms with E-state index in [1.165, 1.54) is 23.4 Å². The standard InChI is InChI=1S/C31H31F3N6O4/c1-17-8-12-23(40(17)29(42)44-30(2,3)4)28(41)38-22-14-19(31(32,33)34)10-11-20(22)21-15-26(37-16-36-21)43-24-7-5-6-18-9-13-25(35)39-27(18)24/h5-7,9-11,13-17,23H,8,12H2,1-4H3,(H2,35,39)(H,38,41)/t17?,23-/m0/s1.